The highest BCUT2D eigenvalue weighted by molar-refractivity contribution is 6.07. The minimum absolute atomic E-state index is 0.0705. The number of imidazole rings is 1. The summed E-state index contributed by atoms with van der Waals surface area (Å²) < 4.78 is 3.26. The van der Waals surface area contributed by atoms with Gasteiger partial charge in [-0.15, -0.1) is 0 Å². The van der Waals surface area contributed by atoms with Gasteiger partial charge in [0.2, 0.25) is 0 Å². The van der Waals surface area contributed by atoms with E-state index >= 15 is 0 Å². The Kier molecular flexibility index (Phi) is 4.03. The lowest BCUT2D eigenvalue weighted by atomic mass is 10.1. The smallest absolute Gasteiger partial charge is 0.328 e. The average molecular weight is 350 g/mol. The number of carbonyl (C=O) groups excluding carboxylic acids is 1. The number of nitrogens with one attached hydrogen (secondary N) is 1. The van der Waals surface area contributed by atoms with Crippen molar-refractivity contribution in [3.63, 3.8) is 0 Å². The van der Waals surface area contributed by atoms with E-state index in [1.165, 1.54) is 0 Å². The zero-order valence-electron chi connectivity index (χ0n) is 15.0. The largest absolute Gasteiger partial charge is 0.370 e. The molecule has 26 heavy (non-hydrogen) atoms. The number of hydrogen-bond donors (Lipinski definition) is 1. The summed E-state index contributed by atoms with van der Waals surface area (Å²) in [6.07, 6.45) is 2.27. The molecule has 0 radical (unpaired) electrons. The van der Waals surface area contributed by atoms with Gasteiger partial charge in [0.15, 0.2) is 0 Å². The van der Waals surface area contributed by atoms with Gasteiger partial charge in [-0.1, -0.05) is 18.2 Å². The Labute approximate surface area is 151 Å². The molecule has 4 rings (SSSR count). The van der Waals surface area contributed by atoms with Crippen LogP contribution in [0, 0.1) is 0 Å². The van der Waals surface area contributed by atoms with Gasteiger partial charge in [-0.05, 0) is 37.1 Å². The Bertz CT molecular complexity index is 1030. The maximum absolute atomic E-state index is 12.7. The molecule has 0 saturated carbocycles. The van der Waals surface area contributed by atoms with Gasteiger partial charge in [0.05, 0.1) is 22.4 Å². The Morgan fingerprint density at radius 2 is 1.58 bits per heavy atom. The molecule has 6 nitrogen and oxygen atoms in total. The molecule has 3 aromatic rings. The molecule has 1 aliphatic heterocycles. The molecule has 1 amide bonds. The summed E-state index contributed by atoms with van der Waals surface area (Å²) in [7, 11) is 3.53. The third-order valence-electron chi connectivity index (χ3n) is 5.12. The molecule has 0 bridgehead atoms. The van der Waals surface area contributed by atoms with E-state index in [4.69, 9.17) is 0 Å². The standard InChI is InChI=1S/C20H22N4O2/c1-22-17-12-15(21-19(25)14-8-4-3-5-9-14)16(24-10-6-7-11-24)13-18(17)23(2)20(22)26/h3-5,8-9,12-13H,6-7,10-11H2,1-2H3,(H,21,25). The molecule has 1 aromatic heterocycles. The van der Waals surface area contributed by atoms with Crippen molar-refractivity contribution in [2.24, 2.45) is 14.1 Å². The molecule has 0 spiro atoms. The van der Waals surface area contributed by atoms with Gasteiger partial charge in [0.25, 0.3) is 5.91 Å². The number of aromatic nitrogens is 2. The number of fused-ring (bicyclic) bond motifs is 1. The summed E-state index contributed by atoms with van der Waals surface area (Å²) in [6.45, 7) is 1.92. The van der Waals surface area contributed by atoms with E-state index < -0.39 is 0 Å². The highest BCUT2D eigenvalue weighted by Gasteiger charge is 2.20. The second-order valence-corrected chi connectivity index (χ2v) is 6.77. The number of amides is 1. The van der Waals surface area contributed by atoms with Crippen LogP contribution in [0.4, 0.5) is 11.4 Å². The van der Waals surface area contributed by atoms with E-state index in [-0.39, 0.29) is 11.6 Å². The summed E-state index contributed by atoms with van der Waals surface area (Å²) in [6, 6.07) is 13.1. The number of carbonyl (C=O) groups is 1. The molecule has 1 fully saturated rings. The zero-order valence-corrected chi connectivity index (χ0v) is 15.0. The monoisotopic (exact) mass is 350 g/mol. The normalized spacial score (nSPS) is 14.2. The molecule has 0 unspecified atom stereocenters. The van der Waals surface area contributed by atoms with Crippen LogP contribution < -0.4 is 15.9 Å². The Hall–Kier alpha value is -3.02. The van der Waals surface area contributed by atoms with E-state index in [9.17, 15) is 9.59 Å². The number of rotatable bonds is 3. The predicted octanol–water partition coefficient (Wildman–Crippen LogP) is 2.73. The summed E-state index contributed by atoms with van der Waals surface area (Å²) >= 11 is 0. The fourth-order valence-electron chi connectivity index (χ4n) is 3.64. The second kappa shape index (κ2) is 6.37. The lowest BCUT2D eigenvalue weighted by molar-refractivity contribution is 0.102. The van der Waals surface area contributed by atoms with Crippen molar-refractivity contribution in [1.82, 2.24) is 9.13 Å². The quantitative estimate of drug-likeness (QED) is 0.790. The van der Waals surface area contributed by atoms with Crippen LogP contribution in [0.3, 0.4) is 0 Å². The number of aryl methyl sites for hydroxylation is 2. The molecule has 2 aromatic carbocycles. The van der Waals surface area contributed by atoms with Gasteiger partial charge in [0, 0.05) is 32.7 Å². The molecular formula is C20H22N4O2. The van der Waals surface area contributed by atoms with Crippen molar-refractivity contribution in [1.29, 1.82) is 0 Å². The third kappa shape index (κ3) is 2.67. The van der Waals surface area contributed by atoms with Crippen LogP contribution in [-0.2, 0) is 14.1 Å². The summed E-state index contributed by atoms with van der Waals surface area (Å²) in [5.74, 6) is -0.147. The average Bonchev–Trinajstić information content (AvgIpc) is 3.27. The molecular weight excluding hydrogens is 328 g/mol. The molecule has 0 aliphatic carbocycles. The van der Waals surface area contributed by atoms with E-state index in [1.807, 2.05) is 30.3 Å². The first-order valence-corrected chi connectivity index (χ1v) is 8.87. The molecule has 1 aliphatic rings. The zero-order chi connectivity index (χ0) is 18.3. The lowest BCUT2D eigenvalue weighted by Crippen LogP contribution is -2.21. The van der Waals surface area contributed by atoms with Gasteiger partial charge in [0.1, 0.15) is 0 Å². The summed E-state index contributed by atoms with van der Waals surface area (Å²) in [5.41, 5.74) is 3.94. The first-order valence-electron chi connectivity index (χ1n) is 8.87. The van der Waals surface area contributed by atoms with Crippen molar-refractivity contribution in [2.45, 2.75) is 12.8 Å². The number of benzene rings is 2. The lowest BCUT2D eigenvalue weighted by Gasteiger charge is -2.22. The van der Waals surface area contributed by atoms with Crippen molar-refractivity contribution >= 4 is 28.3 Å². The maximum Gasteiger partial charge on any atom is 0.328 e. The van der Waals surface area contributed by atoms with Crippen LogP contribution in [0.15, 0.2) is 47.3 Å². The van der Waals surface area contributed by atoms with Gasteiger partial charge >= 0.3 is 5.69 Å². The third-order valence-corrected chi connectivity index (χ3v) is 5.12. The van der Waals surface area contributed by atoms with Gasteiger partial charge in [-0.2, -0.15) is 0 Å². The van der Waals surface area contributed by atoms with Gasteiger partial charge in [-0.3, -0.25) is 13.9 Å². The summed E-state index contributed by atoms with van der Waals surface area (Å²) in [5, 5.41) is 3.05. The molecule has 0 atom stereocenters. The van der Waals surface area contributed by atoms with Crippen LogP contribution >= 0.6 is 0 Å². The molecule has 1 N–H and O–H groups in total. The fourth-order valence-corrected chi connectivity index (χ4v) is 3.64. The topological polar surface area (TPSA) is 59.3 Å². The minimum Gasteiger partial charge on any atom is -0.370 e. The number of nitrogens with zero attached hydrogens (tertiary/aromatic N) is 3. The van der Waals surface area contributed by atoms with Crippen LogP contribution in [0.2, 0.25) is 0 Å². The SMILES string of the molecule is Cn1c(=O)n(C)c2cc(N3CCCC3)c(NC(=O)c3ccccc3)cc21. The van der Waals surface area contributed by atoms with Crippen molar-refractivity contribution in [2.75, 3.05) is 23.3 Å². The first-order chi connectivity index (χ1) is 12.6. The van der Waals surface area contributed by atoms with E-state index in [0.29, 0.717) is 5.56 Å². The molecule has 134 valence electrons. The Balaban J connectivity index is 1.83. The summed E-state index contributed by atoms with van der Waals surface area (Å²) in [4.78, 5) is 27.2. The fraction of sp³-hybridized carbons (Fsp3) is 0.300. The number of anilines is 2. The molecule has 6 heteroatoms. The van der Waals surface area contributed by atoms with E-state index in [1.54, 1.807) is 35.4 Å². The van der Waals surface area contributed by atoms with Gasteiger partial charge in [-0.25, -0.2) is 4.79 Å². The minimum atomic E-state index is -0.147. The Morgan fingerprint density at radius 1 is 0.962 bits per heavy atom. The molecule has 2 heterocycles. The predicted molar refractivity (Wildman–Crippen MR) is 104 cm³/mol. The van der Waals surface area contributed by atoms with Crippen molar-refractivity contribution < 1.29 is 4.79 Å². The van der Waals surface area contributed by atoms with Crippen LogP contribution in [0.5, 0.6) is 0 Å². The molecule has 1 saturated heterocycles. The second-order valence-electron chi connectivity index (χ2n) is 6.77. The number of hydrogen-bond acceptors (Lipinski definition) is 3. The van der Waals surface area contributed by atoms with Crippen LogP contribution in [0.25, 0.3) is 11.0 Å². The Morgan fingerprint density at radius 3 is 2.23 bits per heavy atom. The highest BCUT2D eigenvalue weighted by atomic mass is 16.2. The first kappa shape index (κ1) is 16.4. The van der Waals surface area contributed by atoms with Crippen LogP contribution in [0.1, 0.15) is 23.2 Å². The van der Waals surface area contributed by atoms with E-state index in [0.717, 1.165) is 48.3 Å². The van der Waals surface area contributed by atoms with Crippen molar-refractivity contribution in [3.05, 3.63) is 58.5 Å². The highest BCUT2D eigenvalue weighted by Crippen LogP contribution is 2.33. The maximum atomic E-state index is 12.7. The van der Waals surface area contributed by atoms with Crippen molar-refractivity contribution in [3.8, 4) is 0 Å². The van der Waals surface area contributed by atoms with Crippen LogP contribution in [-0.4, -0.2) is 28.1 Å². The van der Waals surface area contributed by atoms with Gasteiger partial charge < -0.3 is 10.2 Å². The van der Waals surface area contributed by atoms with E-state index in [2.05, 4.69) is 10.2 Å².